The normalized spacial score (nSPS) is 12.8. The van der Waals surface area contributed by atoms with Crippen LogP contribution in [0.1, 0.15) is 22.7 Å². The summed E-state index contributed by atoms with van der Waals surface area (Å²) >= 11 is 1.55. The summed E-state index contributed by atoms with van der Waals surface area (Å²) in [5, 5.41) is 2.90. The molecule has 0 bridgehead atoms. The van der Waals surface area contributed by atoms with Crippen LogP contribution in [0.15, 0.2) is 41.8 Å². The van der Waals surface area contributed by atoms with Crippen LogP contribution in [0.3, 0.4) is 0 Å². The number of hydrogen-bond donors (Lipinski definition) is 1. The molecule has 3 rings (SSSR count). The standard InChI is InChI=1S/C16H13F2NS/c1-9-6-14(18)11(7-13(9)17)16(19)12-8-20-15-5-3-2-4-10(12)15/h2-8,16H,19H2,1H3. The molecule has 2 N–H and O–H groups in total. The Bertz CT molecular complexity index is 779. The summed E-state index contributed by atoms with van der Waals surface area (Å²) in [7, 11) is 0. The molecule has 0 aliphatic heterocycles. The third-order valence-corrected chi connectivity index (χ3v) is 4.44. The summed E-state index contributed by atoms with van der Waals surface area (Å²) in [6.07, 6.45) is 0. The van der Waals surface area contributed by atoms with Crippen LogP contribution < -0.4 is 5.73 Å². The molecule has 20 heavy (non-hydrogen) atoms. The van der Waals surface area contributed by atoms with E-state index in [-0.39, 0.29) is 11.1 Å². The monoisotopic (exact) mass is 289 g/mol. The fourth-order valence-corrected chi connectivity index (χ4v) is 3.30. The van der Waals surface area contributed by atoms with Crippen molar-refractivity contribution in [2.75, 3.05) is 0 Å². The van der Waals surface area contributed by atoms with Crippen LogP contribution >= 0.6 is 11.3 Å². The number of aryl methyl sites for hydroxylation is 1. The number of benzene rings is 2. The summed E-state index contributed by atoms with van der Waals surface area (Å²) in [5.74, 6) is -0.900. The predicted octanol–water partition coefficient (Wildman–Crippen LogP) is 4.54. The number of hydrogen-bond acceptors (Lipinski definition) is 2. The zero-order valence-electron chi connectivity index (χ0n) is 10.9. The Morgan fingerprint density at radius 2 is 1.80 bits per heavy atom. The second-order valence-electron chi connectivity index (χ2n) is 4.79. The van der Waals surface area contributed by atoms with Crippen LogP contribution in [0.2, 0.25) is 0 Å². The summed E-state index contributed by atoms with van der Waals surface area (Å²) in [6.45, 7) is 1.54. The van der Waals surface area contributed by atoms with Crippen molar-refractivity contribution in [2.45, 2.75) is 13.0 Å². The first-order valence-electron chi connectivity index (χ1n) is 6.25. The highest BCUT2D eigenvalue weighted by Gasteiger charge is 2.18. The fraction of sp³-hybridized carbons (Fsp3) is 0.125. The van der Waals surface area contributed by atoms with Gasteiger partial charge in [-0.15, -0.1) is 11.3 Å². The minimum atomic E-state index is -0.666. The van der Waals surface area contributed by atoms with Crippen LogP contribution in [0, 0.1) is 18.6 Å². The maximum atomic E-state index is 14.0. The van der Waals surface area contributed by atoms with Gasteiger partial charge in [0.05, 0.1) is 6.04 Å². The van der Waals surface area contributed by atoms with E-state index in [0.29, 0.717) is 0 Å². The lowest BCUT2D eigenvalue weighted by molar-refractivity contribution is 0.571. The van der Waals surface area contributed by atoms with Crippen LogP contribution in [-0.2, 0) is 0 Å². The van der Waals surface area contributed by atoms with E-state index >= 15 is 0 Å². The molecule has 1 heterocycles. The highest BCUT2D eigenvalue weighted by molar-refractivity contribution is 7.17. The molecule has 0 aliphatic carbocycles. The van der Waals surface area contributed by atoms with E-state index in [1.807, 2.05) is 29.6 Å². The van der Waals surface area contributed by atoms with Gasteiger partial charge in [0.2, 0.25) is 0 Å². The summed E-state index contributed by atoms with van der Waals surface area (Å²) in [6, 6.07) is 9.52. The Balaban J connectivity index is 2.13. The first kappa shape index (κ1) is 13.2. The van der Waals surface area contributed by atoms with Crippen molar-refractivity contribution in [3.63, 3.8) is 0 Å². The van der Waals surface area contributed by atoms with Gasteiger partial charge in [-0.2, -0.15) is 0 Å². The second kappa shape index (κ2) is 4.96. The number of halogens is 2. The van der Waals surface area contributed by atoms with E-state index in [0.717, 1.165) is 15.6 Å². The summed E-state index contributed by atoms with van der Waals surface area (Å²) in [4.78, 5) is 0. The van der Waals surface area contributed by atoms with Crippen molar-refractivity contribution in [1.82, 2.24) is 0 Å². The van der Waals surface area contributed by atoms with Gasteiger partial charge in [0.1, 0.15) is 11.6 Å². The molecule has 0 spiro atoms. The molecule has 3 aromatic rings. The molecule has 1 aromatic heterocycles. The van der Waals surface area contributed by atoms with Gasteiger partial charge in [0, 0.05) is 10.3 Å². The van der Waals surface area contributed by atoms with E-state index in [9.17, 15) is 8.78 Å². The van der Waals surface area contributed by atoms with Crippen molar-refractivity contribution < 1.29 is 8.78 Å². The highest BCUT2D eigenvalue weighted by atomic mass is 32.1. The van der Waals surface area contributed by atoms with Crippen molar-refractivity contribution in [3.05, 3.63) is 70.1 Å². The Morgan fingerprint density at radius 3 is 2.60 bits per heavy atom. The largest absolute Gasteiger partial charge is 0.320 e. The van der Waals surface area contributed by atoms with Gasteiger partial charge in [-0.05, 0) is 47.0 Å². The van der Waals surface area contributed by atoms with E-state index in [2.05, 4.69) is 0 Å². The Kier molecular flexibility index (Phi) is 3.28. The first-order valence-corrected chi connectivity index (χ1v) is 7.13. The van der Waals surface area contributed by atoms with Crippen LogP contribution in [-0.4, -0.2) is 0 Å². The molecular weight excluding hydrogens is 276 g/mol. The van der Waals surface area contributed by atoms with Gasteiger partial charge in [-0.25, -0.2) is 8.78 Å². The van der Waals surface area contributed by atoms with Gasteiger partial charge in [-0.1, -0.05) is 18.2 Å². The molecule has 0 amide bonds. The van der Waals surface area contributed by atoms with Gasteiger partial charge < -0.3 is 5.73 Å². The third kappa shape index (κ3) is 2.11. The van der Waals surface area contributed by atoms with Gasteiger partial charge in [0.25, 0.3) is 0 Å². The number of nitrogens with two attached hydrogens (primary N) is 1. The quantitative estimate of drug-likeness (QED) is 0.736. The molecule has 0 radical (unpaired) electrons. The van der Waals surface area contributed by atoms with E-state index in [1.165, 1.54) is 19.1 Å². The minimum Gasteiger partial charge on any atom is -0.320 e. The van der Waals surface area contributed by atoms with Crippen molar-refractivity contribution in [3.8, 4) is 0 Å². The van der Waals surface area contributed by atoms with Gasteiger partial charge >= 0.3 is 0 Å². The summed E-state index contributed by atoms with van der Waals surface area (Å²) in [5.41, 5.74) is 7.45. The molecule has 1 atom stereocenters. The first-order chi connectivity index (χ1) is 9.58. The molecule has 2 aromatic carbocycles. The molecule has 0 aliphatic rings. The average Bonchev–Trinajstić information content (AvgIpc) is 2.86. The second-order valence-corrected chi connectivity index (χ2v) is 5.70. The maximum absolute atomic E-state index is 14.0. The smallest absolute Gasteiger partial charge is 0.128 e. The number of fused-ring (bicyclic) bond motifs is 1. The topological polar surface area (TPSA) is 26.0 Å². The molecule has 1 nitrogen and oxygen atoms in total. The molecule has 1 unspecified atom stereocenters. The average molecular weight is 289 g/mol. The molecule has 4 heteroatoms. The van der Waals surface area contributed by atoms with Crippen LogP contribution in [0.4, 0.5) is 8.78 Å². The molecule has 102 valence electrons. The lowest BCUT2D eigenvalue weighted by atomic mass is 9.97. The zero-order valence-corrected chi connectivity index (χ0v) is 11.7. The molecule has 0 saturated heterocycles. The van der Waals surface area contributed by atoms with E-state index < -0.39 is 17.7 Å². The van der Waals surface area contributed by atoms with Crippen LogP contribution in [0.5, 0.6) is 0 Å². The maximum Gasteiger partial charge on any atom is 0.128 e. The van der Waals surface area contributed by atoms with Crippen LogP contribution in [0.25, 0.3) is 10.1 Å². The van der Waals surface area contributed by atoms with E-state index in [4.69, 9.17) is 5.73 Å². The SMILES string of the molecule is Cc1cc(F)c(C(N)c2csc3ccccc23)cc1F. The minimum absolute atomic E-state index is 0.191. The van der Waals surface area contributed by atoms with E-state index in [1.54, 1.807) is 11.3 Å². The predicted molar refractivity (Wildman–Crippen MR) is 79.0 cm³/mol. The number of thiophene rings is 1. The Morgan fingerprint density at radius 1 is 1.05 bits per heavy atom. The highest BCUT2D eigenvalue weighted by Crippen LogP contribution is 2.33. The van der Waals surface area contributed by atoms with Crippen molar-refractivity contribution >= 4 is 21.4 Å². The Labute approximate surface area is 119 Å². The Hall–Kier alpha value is -1.78. The zero-order chi connectivity index (χ0) is 14.3. The lowest BCUT2D eigenvalue weighted by Crippen LogP contribution is -2.14. The molecule has 0 fully saturated rings. The summed E-state index contributed by atoms with van der Waals surface area (Å²) < 4.78 is 28.8. The van der Waals surface area contributed by atoms with Crippen molar-refractivity contribution in [2.24, 2.45) is 5.73 Å². The molecule has 0 saturated carbocycles. The van der Waals surface area contributed by atoms with Gasteiger partial charge in [0.15, 0.2) is 0 Å². The lowest BCUT2D eigenvalue weighted by Gasteiger charge is -2.13. The van der Waals surface area contributed by atoms with Gasteiger partial charge in [-0.3, -0.25) is 0 Å². The fourth-order valence-electron chi connectivity index (χ4n) is 2.31. The van der Waals surface area contributed by atoms with Crippen molar-refractivity contribution in [1.29, 1.82) is 0 Å². The third-order valence-electron chi connectivity index (χ3n) is 3.46. The number of rotatable bonds is 2. The molecular formula is C16H13F2NS.